The second kappa shape index (κ2) is 7.31. The van der Waals surface area contributed by atoms with Crippen LogP contribution in [0.3, 0.4) is 0 Å². The molecule has 1 fully saturated rings. The van der Waals surface area contributed by atoms with E-state index in [0.717, 1.165) is 5.56 Å². The first kappa shape index (κ1) is 16.3. The lowest BCUT2D eigenvalue weighted by atomic mass is 9.96. The van der Waals surface area contributed by atoms with Gasteiger partial charge < -0.3 is 5.32 Å². The number of carbonyl (C=O) groups is 1. The van der Waals surface area contributed by atoms with Crippen LogP contribution in [0.2, 0.25) is 0 Å². The highest BCUT2D eigenvalue weighted by Crippen LogP contribution is 2.26. The molecule has 2 aromatic rings. The number of nitriles is 1. The fourth-order valence-electron chi connectivity index (χ4n) is 3.45. The van der Waals surface area contributed by atoms with Crippen molar-refractivity contribution in [2.24, 2.45) is 0 Å². The molecule has 24 heavy (non-hydrogen) atoms. The van der Waals surface area contributed by atoms with Gasteiger partial charge in [0, 0.05) is 6.07 Å². The van der Waals surface area contributed by atoms with Crippen molar-refractivity contribution in [2.75, 3.05) is 5.32 Å². The van der Waals surface area contributed by atoms with Gasteiger partial charge in [-0.15, -0.1) is 4.68 Å². The zero-order valence-corrected chi connectivity index (χ0v) is 14.0. The van der Waals surface area contributed by atoms with Crippen molar-refractivity contribution < 1.29 is 9.48 Å². The van der Waals surface area contributed by atoms with Crippen LogP contribution in [0.4, 0.5) is 5.69 Å². The number of carbonyl (C=O) groups excluding carboxylic acids is 1. The van der Waals surface area contributed by atoms with E-state index in [1.54, 1.807) is 6.07 Å². The van der Waals surface area contributed by atoms with Crippen molar-refractivity contribution >= 4 is 11.6 Å². The van der Waals surface area contributed by atoms with Gasteiger partial charge in [-0.2, -0.15) is 9.94 Å². The summed E-state index contributed by atoms with van der Waals surface area (Å²) in [5, 5.41) is 12.1. The van der Waals surface area contributed by atoms with Gasteiger partial charge in [0.25, 0.3) is 5.91 Å². The van der Waals surface area contributed by atoms with Crippen LogP contribution in [0.15, 0.2) is 36.7 Å². The van der Waals surface area contributed by atoms with E-state index in [0.29, 0.717) is 17.3 Å². The third-order valence-electron chi connectivity index (χ3n) is 4.71. The molecule has 1 aromatic heterocycles. The van der Waals surface area contributed by atoms with E-state index >= 15 is 0 Å². The summed E-state index contributed by atoms with van der Waals surface area (Å²) in [5.41, 5.74) is 2.01. The minimum Gasteiger partial charge on any atom is -0.319 e. The Kier molecular flexibility index (Phi) is 4.95. The van der Waals surface area contributed by atoms with E-state index in [9.17, 15) is 10.1 Å². The number of amides is 1. The van der Waals surface area contributed by atoms with Crippen LogP contribution in [-0.4, -0.2) is 10.6 Å². The lowest BCUT2D eigenvalue weighted by Crippen LogP contribution is -2.48. The lowest BCUT2D eigenvalue weighted by molar-refractivity contribution is -0.767. The van der Waals surface area contributed by atoms with Gasteiger partial charge >= 0.3 is 0 Å². The topological polar surface area (TPSA) is 61.7 Å². The Labute approximate surface area is 142 Å². The van der Waals surface area contributed by atoms with E-state index in [1.165, 1.54) is 32.1 Å². The molecule has 1 N–H and O–H groups in total. The zero-order valence-electron chi connectivity index (χ0n) is 14.0. The maximum Gasteiger partial charge on any atom is 0.292 e. The average Bonchev–Trinajstić information content (AvgIpc) is 3.05. The molecule has 5 heteroatoms. The standard InChI is InChI=1S/C19H22N4O/c1-15-7-5-8-16(13-20)19(15)21-18(24)14-22-11-6-12-23(22)17-9-3-2-4-10-17/h5-8,11-12,17H,2-4,9-10,14H2,1H3/p+1. The number of rotatable bonds is 4. The summed E-state index contributed by atoms with van der Waals surface area (Å²) in [6, 6.07) is 10.0. The van der Waals surface area contributed by atoms with Gasteiger partial charge in [-0.05, 0) is 31.4 Å². The molecule has 1 amide bonds. The number of nitrogens with one attached hydrogen (secondary N) is 1. The first-order valence-corrected chi connectivity index (χ1v) is 8.55. The van der Waals surface area contributed by atoms with E-state index < -0.39 is 0 Å². The number of para-hydroxylation sites is 1. The summed E-state index contributed by atoms with van der Waals surface area (Å²) in [6.07, 6.45) is 10.2. The summed E-state index contributed by atoms with van der Waals surface area (Å²) in [5.74, 6) is -0.110. The van der Waals surface area contributed by atoms with Crippen LogP contribution in [0.5, 0.6) is 0 Å². The van der Waals surface area contributed by atoms with Gasteiger partial charge in [0.1, 0.15) is 6.07 Å². The largest absolute Gasteiger partial charge is 0.319 e. The van der Waals surface area contributed by atoms with Gasteiger partial charge in [-0.3, -0.25) is 4.79 Å². The summed E-state index contributed by atoms with van der Waals surface area (Å²) in [7, 11) is 0. The van der Waals surface area contributed by atoms with Gasteiger partial charge in [-0.25, -0.2) is 0 Å². The molecule has 1 aliphatic rings. The van der Waals surface area contributed by atoms with Crippen molar-refractivity contribution in [3.8, 4) is 6.07 Å². The van der Waals surface area contributed by atoms with Gasteiger partial charge in [0.2, 0.25) is 6.54 Å². The van der Waals surface area contributed by atoms with Crippen molar-refractivity contribution in [1.29, 1.82) is 5.26 Å². The molecule has 0 atom stereocenters. The van der Waals surface area contributed by atoms with Crippen molar-refractivity contribution in [2.45, 2.75) is 51.6 Å². The first-order chi connectivity index (χ1) is 11.7. The monoisotopic (exact) mass is 323 g/mol. The summed E-state index contributed by atoms with van der Waals surface area (Å²) >= 11 is 0. The van der Waals surface area contributed by atoms with Gasteiger partial charge in [-0.1, -0.05) is 31.4 Å². The molecule has 0 spiro atoms. The molecule has 1 aliphatic carbocycles. The Morgan fingerprint density at radius 2 is 2.12 bits per heavy atom. The second-order valence-electron chi connectivity index (χ2n) is 6.42. The molecule has 0 aliphatic heterocycles. The number of benzene rings is 1. The quantitative estimate of drug-likeness (QED) is 0.879. The van der Waals surface area contributed by atoms with Crippen LogP contribution in [0.25, 0.3) is 0 Å². The van der Waals surface area contributed by atoms with Gasteiger partial charge in [0.15, 0.2) is 6.20 Å². The maximum atomic E-state index is 12.5. The highest BCUT2D eigenvalue weighted by atomic mass is 16.2. The molecule has 1 heterocycles. The number of aryl methyl sites for hydroxylation is 1. The number of aromatic nitrogens is 2. The minimum absolute atomic E-state index is 0.110. The van der Waals surface area contributed by atoms with Crippen molar-refractivity contribution in [3.05, 3.63) is 47.8 Å². The number of hydrogen-bond acceptors (Lipinski definition) is 2. The third-order valence-corrected chi connectivity index (χ3v) is 4.71. The smallest absolute Gasteiger partial charge is 0.292 e. The molecule has 3 rings (SSSR count). The highest BCUT2D eigenvalue weighted by molar-refractivity contribution is 5.92. The fraction of sp³-hybridized carbons (Fsp3) is 0.421. The summed E-state index contributed by atoms with van der Waals surface area (Å²) < 4.78 is 4.15. The van der Waals surface area contributed by atoms with Crippen LogP contribution in [-0.2, 0) is 11.3 Å². The molecule has 1 saturated carbocycles. The Bertz CT molecular complexity index is 766. The average molecular weight is 323 g/mol. The van der Waals surface area contributed by atoms with Crippen LogP contribution in [0.1, 0.15) is 49.3 Å². The van der Waals surface area contributed by atoms with Crippen molar-refractivity contribution in [3.63, 3.8) is 0 Å². The molecule has 5 nitrogen and oxygen atoms in total. The third kappa shape index (κ3) is 3.48. The predicted molar refractivity (Wildman–Crippen MR) is 91.3 cm³/mol. The molecule has 0 unspecified atom stereocenters. The van der Waals surface area contributed by atoms with E-state index in [-0.39, 0.29) is 12.5 Å². The Morgan fingerprint density at radius 3 is 2.88 bits per heavy atom. The molecule has 0 radical (unpaired) electrons. The van der Waals surface area contributed by atoms with Crippen molar-refractivity contribution in [1.82, 2.24) is 4.68 Å². The normalized spacial score (nSPS) is 15.0. The number of nitrogens with zero attached hydrogens (tertiary/aromatic N) is 3. The van der Waals surface area contributed by atoms with Crippen LogP contribution in [0, 0.1) is 18.3 Å². The Morgan fingerprint density at radius 1 is 1.33 bits per heavy atom. The van der Waals surface area contributed by atoms with E-state index in [4.69, 9.17) is 0 Å². The Balaban J connectivity index is 1.73. The Hall–Kier alpha value is -2.61. The molecule has 124 valence electrons. The summed E-state index contributed by atoms with van der Waals surface area (Å²) in [4.78, 5) is 12.5. The zero-order chi connectivity index (χ0) is 16.9. The molecule has 0 saturated heterocycles. The summed E-state index contributed by atoms with van der Waals surface area (Å²) in [6.45, 7) is 2.15. The predicted octanol–water partition coefficient (Wildman–Crippen LogP) is 3.10. The first-order valence-electron chi connectivity index (χ1n) is 8.55. The van der Waals surface area contributed by atoms with E-state index in [1.807, 2.05) is 36.0 Å². The minimum atomic E-state index is -0.110. The molecular weight excluding hydrogens is 300 g/mol. The van der Waals surface area contributed by atoms with E-state index in [2.05, 4.69) is 22.3 Å². The molecule has 1 aromatic carbocycles. The highest BCUT2D eigenvalue weighted by Gasteiger charge is 2.23. The second-order valence-corrected chi connectivity index (χ2v) is 6.42. The fourth-order valence-corrected chi connectivity index (χ4v) is 3.45. The molecular formula is C19H23N4O+. The molecule has 0 bridgehead atoms. The lowest BCUT2D eigenvalue weighted by Gasteiger charge is -2.20. The number of anilines is 1. The van der Waals surface area contributed by atoms with Crippen LogP contribution >= 0.6 is 0 Å². The maximum absolute atomic E-state index is 12.5. The van der Waals surface area contributed by atoms with Crippen LogP contribution < -0.4 is 10.00 Å². The SMILES string of the molecule is Cc1cccc(C#N)c1NC(=O)C[n+]1cccn1C1CCCCC1. The number of hydrogen-bond donors (Lipinski definition) is 1. The van der Waals surface area contributed by atoms with Gasteiger partial charge in [0.05, 0.1) is 23.5 Å².